The number of rotatable bonds is 4. The molecule has 4 rings (SSSR count). The molecule has 7 heteroatoms. The van der Waals surface area contributed by atoms with E-state index in [1.165, 1.54) is 11.8 Å². The molecule has 2 amide bonds. The highest BCUT2D eigenvalue weighted by Gasteiger charge is 2.47. The topological polar surface area (TPSA) is 86.7 Å². The van der Waals surface area contributed by atoms with Gasteiger partial charge in [0, 0.05) is 28.9 Å². The van der Waals surface area contributed by atoms with Gasteiger partial charge in [-0.25, -0.2) is 0 Å². The van der Waals surface area contributed by atoms with Gasteiger partial charge in [-0.05, 0) is 52.9 Å². The Bertz CT molecular complexity index is 1370. The summed E-state index contributed by atoms with van der Waals surface area (Å²) in [6.07, 6.45) is 0. The Hall–Kier alpha value is -3.90. The minimum absolute atomic E-state index is 0.0169. The number of nitrogens with one attached hydrogen (secondary N) is 1. The van der Waals surface area contributed by atoms with Crippen LogP contribution in [0.15, 0.2) is 78.4 Å². The fourth-order valence-electron chi connectivity index (χ4n) is 4.28. The molecular formula is C29H27ClN2O4. The Balaban J connectivity index is 1.88. The van der Waals surface area contributed by atoms with Crippen molar-refractivity contribution in [2.45, 2.75) is 39.2 Å². The van der Waals surface area contributed by atoms with Crippen LogP contribution in [0.2, 0.25) is 5.02 Å². The molecule has 0 spiro atoms. The Morgan fingerprint density at radius 3 is 2.17 bits per heavy atom. The van der Waals surface area contributed by atoms with E-state index in [4.69, 9.17) is 11.6 Å². The van der Waals surface area contributed by atoms with Crippen LogP contribution in [0.5, 0.6) is 0 Å². The zero-order valence-electron chi connectivity index (χ0n) is 20.5. The largest absolute Gasteiger partial charge is 0.507 e. The number of ketones is 1. The molecule has 1 saturated heterocycles. The maximum Gasteiger partial charge on any atom is 0.300 e. The highest BCUT2D eigenvalue weighted by Crippen LogP contribution is 2.43. The van der Waals surface area contributed by atoms with Crippen molar-refractivity contribution in [3.63, 3.8) is 0 Å². The van der Waals surface area contributed by atoms with Crippen molar-refractivity contribution in [1.29, 1.82) is 0 Å². The van der Waals surface area contributed by atoms with Crippen molar-refractivity contribution in [3.05, 3.63) is 100 Å². The van der Waals surface area contributed by atoms with Gasteiger partial charge in [0.05, 0.1) is 11.6 Å². The summed E-state index contributed by atoms with van der Waals surface area (Å²) in [5.74, 6) is -2.05. The average Bonchev–Trinajstić information content (AvgIpc) is 3.09. The number of hydrogen-bond donors (Lipinski definition) is 2. The van der Waals surface area contributed by atoms with Crippen molar-refractivity contribution in [1.82, 2.24) is 0 Å². The smallest absolute Gasteiger partial charge is 0.300 e. The lowest BCUT2D eigenvalue weighted by atomic mass is 9.85. The van der Waals surface area contributed by atoms with Crippen molar-refractivity contribution in [3.8, 4) is 0 Å². The maximum absolute atomic E-state index is 13.3. The molecule has 0 aliphatic carbocycles. The third kappa shape index (κ3) is 4.90. The molecule has 1 fully saturated rings. The SMILES string of the molecule is CC(=O)Nc1ccc(N2C(=O)C(=O)/C(=C(\O)c3cccc(Cl)c3)C2c2ccc(C(C)(C)C)cc2)cc1. The molecule has 36 heavy (non-hydrogen) atoms. The molecule has 184 valence electrons. The lowest BCUT2D eigenvalue weighted by molar-refractivity contribution is -0.132. The number of amides is 2. The van der Waals surface area contributed by atoms with Crippen LogP contribution in [0.4, 0.5) is 11.4 Å². The summed E-state index contributed by atoms with van der Waals surface area (Å²) in [5.41, 5.74) is 3.04. The number of hydrogen-bond acceptors (Lipinski definition) is 4. The van der Waals surface area contributed by atoms with Crippen molar-refractivity contribution in [2.75, 3.05) is 10.2 Å². The summed E-state index contributed by atoms with van der Waals surface area (Å²) in [4.78, 5) is 39.4. The van der Waals surface area contributed by atoms with Crippen LogP contribution in [-0.2, 0) is 19.8 Å². The molecule has 1 unspecified atom stereocenters. The summed E-state index contributed by atoms with van der Waals surface area (Å²) < 4.78 is 0. The number of benzene rings is 3. The zero-order valence-corrected chi connectivity index (χ0v) is 21.3. The number of carbonyl (C=O) groups is 3. The summed E-state index contributed by atoms with van der Waals surface area (Å²) >= 11 is 6.12. The summed E-state index contributed by atoms with van der Waals surface area (Å²) in [6, 6.07) is 20.0. The number of halogens is 1. The second-order valence-electron chi connectivity index (χ2n) is 9.78. The van der Waals surface area contributed by atoms with Gasteiger partial charge in [0.1, 0.15) is 5.76 Å². The minimum atomic E-state index is -0.857. The van der Waals surface area contributed by atoms with Gasteiger partial charge in [0.2, 0.25) is 5.91 Å². The molecule has 0 aromatic heterocycles. The van der Waals surface area contributed by atoms with Gasteiger partial charge >= 0.3 is 0 Å². The van der Waals surface area contributed by atoms with E-state index in [2.05, 4.69) is 26.1 Å². The van der Waals surface area contributed by atoms with Gasteiger partial charge < -0.3 is 10.4 Å². The van der Waals surface area contributed by atoms with Crippen LogP contribution < -0.4 is 10.2 Å². The predicted octanol–water partition coefficient (Wildman–Crippen LogP) is 6.22. The average molecular weight is 503 g/mol. The van der Waals surface area contributed by atoms with Gasteiger partial charge in [0.15, 0.2) is 0 Å². The molecular weight excluding hydrogens is 476 g/mol. The van der Waals surface area contributed by atoms with E-state index in [9.17, 15) is 19.5 Å². The first kappa shape index (κ1) is 25.2. The predicted molar refractivity (Wildman–Crippen MR) is 142 cm³/mol. The van der Waals surface area contributed by atoms with E-state index in [-0.39, 0.29) is 22.7 Å². The number of nitrogens with zero attached hydrogens (tertiary/aromatic N) is 1. The zero-order chi connectivity index (χ0) is 26.2. The first-order valence-electron chi connectivity index (χ1n) is 11.5. The van der Waals surface area contributed by atoms with Gasteiger partial charge in [0.25, 0.3) is 11.7 Å². The molecule has 2 N–H and O–H groups in total. The van der Waals surface area contributed by atoms with E-state index >= 15 is 0 Å². The van der Waals surface area contributed by atoms with Gasteiger partial charge in [-0.3, -0.25) is 19.3 Å². The van der Waals surface area contributed by atoms with Crippen LogP contribution in [0.1, 0.15) is 50.4 Å². The van der Waals surface area contributed by atoms with Gasteiger partial charge in [-0.2, -0.15) is 0 Å². The van der Waals surface area contributed by atoms with Crippen LogP contribution in [-0.4, -0.2) is 22.7 Å². The van der Waals surface area contributed by atoms with Crippen molar-refractivity contribution >= 4 is 46.3 Å². The third-order valence-electron chi connectivity index (χ3n) is 6.10. The van der Waals surface area contributed by atoms with Crippen molar-refractivity contribution < 1.29 is 19.5 Å². The molecule has 1 atom stereocenters. The molecule has 3 aromatic carbocycles. The summed E-state index contributed by atoms with van der Waals surface area (Å²) in [5, 5.41) is 14.3. The molecule has 3 aromatic rings. The maximum atomic E-state index is 13.3. The van der Waals surface area contributed by atoms with Crippen LogP contribution in [0, 0.1) is 0 Å². The molecule has 0 bridgehead atoms. The van der Waals surface area contributed by atoms with Gasteiger partial charge in [-0.1, -0.05) is 68.8 Å². The van der Waals surface area contributed by atoms with E-state index in [1.54, 1.807) is 48.5 Å². The van der Waals surface area contributed by atoms with E-state index in [0.29, 0.717) is 27.5 Å². The monoisotopic (exact) mass is 502 g/mol. The Kier molecular flexibility index (Phi) is 6.74. The number of Topliss-reactive ketones (excluding diaryl/α,β-unsaturated/α-hetero) is 1. The highest BCUT2D eigenvalue weighted by molar-refractivity contribution is 6.51. The lowest BCUT2D eigenvalue weighted by Gasteiger charge is -2.27. The lowest BCUT2D eigenvalue weighted by Crippen LogP contribution is -2.29. The molecule has 1 heterocycles. The summed E-state index contributed by atoms with van der Waals surface area (Å²) in [7, 11) is 0. The minimum Gasteiger partial charge on any atom is -0.507 e. The highest BCUT2D eigenvalue weighted by atomic mass is 35.5. The Labute approximate surface area is 215 Å². The van der Waals surface area contributed by atoms with Crippen LogP contribution in [0.3, 0.4) is 0 Å². The van der Waals surface area contributed by atoms with E-state index in [1.807, 2.05) is 24.3 Å². The van der Waals surface area contributed by atoms with E-state index < -0.39 is 17.7 Å². The van der Waals surface area contributed by atoms with E-state index in [0.717, 1.165) is 5.56 Å². The molecule has 1 aliphatic rings. The van der Waals surface area contributed by atoms with Crippen molar-refractivity contribution in [2.24, 2.45) is 0 Å². The summed E-state index contributed by atoms with van der Waals surface area (Å²) in [6.45, 7) is 7.71. The first-order valence-corrected chi connectivity index (χ1v) is 11.9. The molecule has 6 nitrogen and oxygen atoms in total. The molecule has 1 aliphatic heterocycles. The third-order valence-corrected chi connectivity index (χ3v) is 6.34. The molecule has 0 saturated carbocycles. The standard InChI is InChI=1S/C29H27ClN2O4/c1-17(33)31-22-12-14-23(15-13-22)32-25(18-8-10-20(11-9-18)29(2,3)4)24(27(35)28(32)36)26(34)19-6-5-7-21(30)16-19/h5-16,25,34H,1-4H3,(H,31,33)/b26-24-. The number of anilines is 2. The Morgan fingerprint density at radius 2 is 1.61 bits per heavy atom. The fraction of sp³-hybridized carbons (Fsp3) is 0.207. The van der Waals surface area contributed by atoms with Gasteiger partial charge in [-0.15, -0.1) is 0 Å². The fourth-order valence-corrected chi connectivity index (χ4v) is 4.47. The number of aliphatic hydroxyl groups is 1. The normalized spacial score (nSPS) is 17.4. The van der Waals surface area contributed by atoms with Crippen LogP contribution in [0.25, 0.3) is 5.76 Å². The number of carbonyl (C=O) groups excluding carboxylic acids is 3. The molecule has 0 radical (unpaired) electrons. The Morgan fingerprint density at radius 1 is 0.972 bits per heavy atom. The quantitative estimate of drug-likeness (QED) is 0.252. The second-order valence-corrected chi connectivity index (χ2v) is 10.2. The van der Waals surface area contributed by atoms with Crippen LogP contribution >= 0.6 is 11.6 Å². The second kappa shape index (κ2) is 9.63. The first-order chi connectivity index (χ1) is 17.0. The number of aliphatic hydroxyl groups excluding tert-OH is 1.